The molecule has 2 atom stereocenters. The topological polar surface area (TPSA) is 63.4 Å². The molecule has 3 fully saturated rings. The van der Waals surface area contributed by atoms with Gasteiger partial charge in [0.2, 0.25) is 11.8 Å². The second-order valence-corrected chi connectivity index (χ2v) is 5.89. The highest BCUT2D eigenvalue weighted by molar-refractivity contribution is 6.05. The number of imide groups is 1. The molecule has 1 heterocycles. The van der Waals surface area contributed by atoms with Crippen LogP contribution in [0, 0.1) is 17.8 Å². The van der Waals surface area contributed by atoms with Crippen LogP contribution in [0.5, 0.6) is 0 Å². The van der Waals surface area contributed by atoms with E-state index in [0.717, 1.165) is 32.1 Å². The number of fused-ring (bicyclic) bond motifs is 1. The standard InChI is InChI=1S/C13H20N2O2/c1-2-7-3-10-11(4-7)13(17)15(12(10)16)9-5-8(14)6-9/h7-11H,2-6,14H2,1H3. The Balaban J connectivity index is 1.75. The summed E-state index contributed by atoms with van der Waals surface area (Å²) in [5, 5.41) is 0. The van der Waals surface area contributed by atoms with Gasteiger partial charge < -0.3 is 5.73 Å². The number of nitrogens with two attached hydrogens (primary N) is 1. The Morgan fingerprint density at radius 1 is 1.12 bits per heavy atom. The first-order valence-electron chi connectivity index (χ1n) is 6.74. The normalized spacial score (nSPS) is 45.1. The van der Waals surface area contributed by atoms with Crippen molar-refractivity contribution < 1.29 is 9.59 Å². The number of amides is 2. The van der Waals surface area contributed by atoms with Crippen LogP contribution in [0.3, 0.4) is 0 Å². The molecule has 0 aromatic carbocycles. The molecule has 17 heavy (non-hydrogen) atoms. The molecule has 2 N–H and O–H groups in total. The van der Waals surface area contributed by atoms with E-state index in [4.69, 9.17) is 5.73 Å². The van der Waals surface area contributed by atoms with Gasteiger partial charge in [-0.1, -0.05) is 13.3 Å². The summed E-state index contributed by atoms with van der Waals surface area (Å²) in [5.74, 6) is 0.734. The minimum atomic E-state index is -0.00993. The van der Waals surface area contributed by atoms with Crippen LogP contribution in [0.15, 0.2) is 0 Å². The molecule has 4 nitrogen and oxygen atoms in total. The minimum absolute atomic E-state index is 0.00993. The highest BCUT2D eigenvalue weighted by Crippen LogP contribution is 2.46. The number of carbonyl (C=O) groups is 2. The molecule has 2 amide bonds. The van der Waals surface area contributed by atoms with Crippen LogP contribution in [0.4, 0.5) is 0 Å². The predicted octanol–water partition coefficient (Wildman–Crippen LogP) is 0.897. The molecule has 2 aliphatic carbocycles. The molecule has 3 aliphatic rings. The zero-order chi connectivity index (χ0) is 12.2. The molecule has 0 bridgehead atoms. The fourth-order valence-electron chi connectivity index (χ4n) is 3.69. The third-order valence-corrected chi connectivity index (χ3v) is 4.86. The number of carbonyl (C=O) groups excluding carboxylic acids is 2. The summed E-state index contributed by atoms with van der Waals surface area (Å²) in [6.07, 6.45) is 4.52. The maximum atomic E-state index is 12.3. The summed E-state index contributed by atoms with van der Waals surface area (Å²) in [4.78, 5) is 26.1. The van der Waals surface area contributed by atoms with Gasteiger partial charge in [-0.05, 0) is 31.6 Å². The number of likely N-dealkylation sites (tertiary alicyclic amines) is 1. The quantitative estimate of drug-likeness (QED) is 0.724. The summed E-state index contributed by atoms with van der Waals surface area (Å²) < 4.78 is 0. The minimum Gasteiger partial charge on any atom is -0.328 e. The van der Waals surface area contributed by atoms with Crippen molar-refractivity contribution in [2.45, 2.75) is 51.1 Å². The van der Waals surface area contributed by atoms with Crippen molar-refractivity contribution >= 4 is 11.8 Å². The van der Waals surface area contributed by atoms with Crippen molar-refractivity contribution in [3.63, 3.8) is 0 Å². The highest BCUT2D eigenvalue weighted by Gasteiger charge is 2.55. The third-order valence-electron chi connectivity index (χ3n) is 4.86. The van der Waals surface area contributed by atoms with E-state index in [2.05, 4.69) is 6.92 Å². The van der Waals surface area contributed by atoms with Crippen LogP contribution in [0.1, 0.15) is 39.0 Å². The summed E-state index contributed by atoms with van der Waals surface area (Å²) in [5.41, 5.74) is 5.74. The van der Waals surface area contributed by atoms with Crippen LogP contribution < -0.4 is 5.73 Å². The van der Waals surface area contributed by atoms with Crippen LogP contribution in [-0.2, 0) is 9.59 Å². The average molecular weight is 236 g/mol. The zero-order valence-electron chi connectivity index (χ0n) is 10.3. The Morgan fingerprint density at radius 2 is 1.65 bits per heavy atom. The van der Waals surface area contributed by atoms with Gasteiger partial charge in [-0.3, -0.25) is 14.5 Å². The SMILES string of the molecule is CCC1CC2C(=O)N(C3CC(N)C3)C(=O)C2C1. The van der Waals surface area contributed by atoms with Gasteiger partial charge in [0, 0.05) is 12.1 Å². The Bertz CT molecular complexity index is 338. The molecule has 2 saturated carbocycles. The highest BCUT2D eigenvalue weighted by atomic mass is 16.2. The molecule has 0 aromatic heterocycles. The molecule has 2 unspecified atom stereocenters. The van der Waals surface area contributed by atoms with Gasteiger partial charge in [0.05, 0.1) is 11.8 Å². The van der Waals surface area contributed by atoms with Gasteiger partial charge in [0.1, 0.15) is 0 Å². The second kappa shape index (κ2) is 3.80. The number of rotatable bonds is 2. The van der Waals surface area contributed by atoms with E-state index in [1.165, 1.54) is 0 Å². The second-order valence-electron chi connectivity index (χ2n) is 5.89. The molecule has 0 aromatic rings. The summed E-state index contributed by atoms with van der Waals surface area (Å²) in [7, 11) is 0. The van der Waals surface area contributed by atoms with E-state index >= 15 is 0 Å². The Hall–Kier alpha value is -0.900. The van der Waals surface area contributed by atoms with Crippen molar-refractivity contribution in [1.82, 2.24) is 4.90 Å². The van der Waals surface area contributed by atoms with Crippen molar-refractivity contribution in [3.8, 4) is 0 Å². The van der Waals surface area contributed by atoms with Crippen molar-refractivity contribution in [1.29, 1.82) is 0 Å². The van der Waals surface area contributed by atoms with E-state index in [-0.39, 0.29) is 35.7 Å². The number of nitrogens with zero attached hydrogens (tertiary/aromatic N) is 1. The van der Waals surface area contributed by atoms with E-state index in [1.807, 2.05) is 0 Å². The lowest BCUT2D eigenvalue weighted by atomic mass is 9.86. The maximum absolute atomic E-state index is 12.3. The smallest absolute Gasteiger partial charge is 0.233 e. The third kappa shape index (κ3) is 1.53. The lowest BCUT2D eigenvalue weighted by Crippen LogP contribution is -2.53. The maximum Gasteiger partial charge on any atom is 0.233 e. The first-order chi connectivity index (χ1) is 8.11. The van der Waals surface area contributed by atoms with E-state index in [1.54, 1.807) is 4.90 Å². The molecule has 4 heteroatoms. The molecule has 94 valence electrons. The lowest BCUT2D eigenvalue weighted by molar-refractivity contribution is -0.145. The van der Waals surface area contributed by atoms with Gasteiger partial charge in [-0.25, -0.2) is 0 Å². The molecule has 0 spiro atoms. The molecular weight excluding hydrogens is 216 g/mol. The monoisotopic (exact) mass is 236 g/mol. The van der Waals surface area contributed by atoms with Crippen molar-refractivity contribution in [3.05, 3.63) is 0 Å². The van der Waals surface area contributed by atoms with E-state index in [0.29, 0.717) is 5.92 Å². The Kier molecular flexibility index (Phi) is 2.51. The van der Waals surface area contributed by atoms with Gasteiger partial charge in [-0.2, -0.15) is 0 Å². The largest absolute Gasteiger partial charge is 0.328 e. The summed E-state index contributed by atoms with van der Waals surface area (Å²) in [6.45, 7) is 2.14. The fraction of sp³-hybridized carbons (Fsp3) is 0.846. The van der Waals surface area contributed by atoms with Gasteiger partial charge in [0.15, 0.2) is 0 Å². The van der Waals surface area contributed by atoms with Crippen LogP contribution in [0.25, 0.3) is 0 Å². The van der Waals surface area contributed by atoms with Crippen molar-refractivity contribution in [2.24, 2.45) is 23.5 Å². The molecule has 1 aliphatic heterocycles. The first-order valence-corrected chi connectivity index (χ1v) is 6.74. The van der Waals surface area contributed by atoms with Gasteiger partial charge in [0.25, 0.3) is 0 Å². The molecule has 1 saturated heterocycles. The Morgan fingerprint density at radius 3 is 2.06 bits per heavy atom. The Labute approximate surface area is 102 Å². The summed E-state index contributed by atoms with van der Waals surface area (Å²) in [6, 6.07) is 0.292. The molecule has 3 rings (SSSR count). The van der Waals surface area contributed by atoms with E-state index < -0.39 is 0 Å². The molecule has 0 radical (unpaired) electrons. The van der Waals surface area contributed by atoms with Crippen molar-refractivity contribution in [2.75, 3.05) is 0 Å². The van der Waals surface area contributed by atoms with Gasteiger partial charge in [-0.15, -0.1) is 0 Å². The first kappa shape index (κ1) is 11.2. The molecular formula is C13H20N2O2. The lowest BCUT2D eigenvalue weighted by Gasteiger charge is -2.38. The number of hydrogen-bond acceptors (Lipinski definition) is 3. The van der Waals surface area contributed by atoms with Crippen LogP contribution in [0.2, 0.25) is 0 Å². The fourth-order valence-corrected chi connectivity index (χ4v) is 3.69. The number of hydrogen-bond donors (Lipinski definition) is 1. The zero-order valence-corrected chi connectivity index (χ0v) is 10.3. The predicted molar refractivity (Wildman–Crippen MR) is 62.8 cm³/mol. The van der Waals surface area contributed by atoms with Crippen LogP contribution >= 0.6 is 0 Å². The van der Waals surface area contributed by atoms with E-state index in [9.17, 15) is 9.59 Å². The average Bonchev–Trinajstić information content (AvgIpc) is 2.77. The summed E-state index contributed by atoms with van der Waals surface area (Å²) >= 11 is 0. The van der Waals surface area contributed by atoms with Gasteiger partial charge >= 0.3 is 0 Å². The van der Waals surface area contributed by atoms with Crippen LogP contribution in [-0.4, -0.2) is 28.8 Å².